The summed E-state index contributed by atoms with van der Waals surface area (Å²) in [5, 5.41) is 13.4. The van der Waals surface area contributed by atoms with E-state index >= 15 is 0 Å². The van der Waals surface area contributed by atoms with Gasteiger partial charge in [0, 0.05) is 18.0 Å². The van der Waals surface area contributed by atoms with Crippen molar-refractivity contribution < 1.29 is 9.90 Å². The molecule has 0 aliphatic rings. The first-order valence-electron chi connectivity index (χ1n) is 5.79. The average Bonchev–Trinajstić information content (AvgIpc) is 2.94. The van der Waals surface area contributed by atoms with E-state index in [1.807, 2.05) is 0 Å². The van der Waals surface area contributed by atoms with Gasteiger partial charge in [-0.25, -0.2) is 14.8 Å². The van der Waals surface area contributed by atoms with Crippen molar-refractivity contribution in [3.8, 4) is 0 Å². The molecule has 0 spiro atoms. The first-order chi connectivity index (χ1) is 10.1. The fourth-order valence-electron chi connectivity index (χ4n) is 1.69. The molecule has 7 nitrogen and oxygen atoms in total. The lowest BCUT2D eigenvalue weighted by Gasteiger charge is -2.04. The summed E-state index contributed by atoms with van der Waals surface area (Å²) in [6, 6.07) is 4.46. The van der Waals surface area contributed by atoms with E-state index in [0.717, 1.165) is 0 Å². The van der Waals surface area contributed by atoms with E-state index in [1.54, 1.807) is 11.6 Å². The van der Waals surface area contributed by atoms with Crippen LogP contribution in [0.3, 0.4) is 0 Å². The SMILES string of the molecule is O=C(O)c1cccnc1SCc1cc(=O)n2ncsc2n1. The minimum Gasteiger partial charge on any atom is -0.478 e. The number of thioether (sulfide) groups is 1. The Balaban J connectivity index is 1.87. The number of aromatic nitrogens is 4. The van der Waals surface area contributed by atoms with E-state index in [4.69, 9.17) is 5.11 Å². The maximum absolute atomic E-state index is 11.8. The van der Waals surface area contributed by atoms with E-state index in [0.29, 0.717) is 21.4 Å². The average molecular weight is 320 g/mol. The van der Waals surface area contributed by atoms with Crippen molar-refractivity contribution >= 4 is 34.0 Å². The Labute approximate surface area is 126 Å². The summed E-state index contributed by atoms with van der Waals surface area (Å²) in [7, 11) is 0. The highest BCUT2D eigenvalue weighted by Crippen LogP contribution is 2.23. The molecule has 3 aromatic heterocycles. The van der Waals surface area contributed by atoms with Gasteiger partial charge < -0.3 is 5.11 Å². The van der Waals surface area contributed by atoms with Crippen LogP contribution in [-0.4, -0.2) is 30.7 Å². The summed E-state index contributed by atoms with van der Waals surface area (Å²) in [4.78, 5) is 31.8. The second-order valence-electron chi connectivity index (χ2n) is 3.97. The molecule has 0 atom stereocenters. The van der Waals surface area contributed by atoms with Crippen LogP contribution in [-0.2, 0) is 5.75 Å². The third-order valence-electron chi connectivity index (χ3n) is 2.60. The smallest absolute Gasteiger partial charge is 0.338 e. The van der Waals surface area contributed by atoms with E-state index in [-0.39, 0.29) is 11.1 Å². The molecule has 3 heterocycles. The van der Waals surface area contributed by atoms with Crippen LogP contribution < -0.4 is 5.56 Å². The number of carboxylic acid groups (broad SMARTS) is 1. The van der Waals surface area contributed by atoms with Gasteiger partial charge in [0.2, 0.25) is 4.96 Å². The molecule has 0 aliphatic carbocycles. The number of rotatable bonds is 4. The molecule has 0 aromatic carbocycles. The summed E-state index contributed by atoms with van der Waals surface area (Å²) in [6.45, 7) is 0. The van der Waals surface area contributed by atoms with Crippen molar-refractivity contribution in [1.29, 1.82) is 0 Å². The van der Waals surface area contributed by atoms with Gasteiger partial charge in [-0.2, -0.15) is 9.61 Å². The van der Waals surface area contributed by atoms with E-state index in [2.05, 4.69) is 15.1 Å². The predicted molar refractivity (Wildman–Crippen MR) is 77.9 cm³/mol. The van der Waals surface area contributed by atoms with Crippen molar-refractivity contribution in [3.63, 3.8) is 0 Å². The van der Waals surface area contributed by atoms with Crippen LogP contribution in [0.5, 0.6) is 0 Å². The number of carboxylic acids is 1. The van der Waals surface area contributed by atoms with Gasteiger partial charge in [-0.15, -0.1) is 0 Å². The van der Waals surface area contributed by atoms with Crippen molar-refractivity contribution in [1.82, 2.24) is 19.6 Å². The highest BCUT2D eigenvalue weighted by Gasteiger charge is 2.12. The standard InChI is InChI=1S/C12H8N4O3S2/c17-9-4-7(15-12-16(9)14-6-21-12)5-20-10-8(11(18)19)2-1-3-13-10/h1-4,6H,5H2,(H,18,19). The zero-order chi connectivity index (χ0) is 14.8. The van der Waals surface area contributed by atoms with Gasteiger partial charge in [0.05, 0.1) is 11.3 Å². The lowest BCUT2D eigenvalue weighted by molar-refractivity contribution is 0.0692. The van der Waals surface area contributed by atoms with E-state index in [1.165, 1.54) is 45.9 Å². The van der Waals surface area contributed by atoms with Crippen LogP contribution in [0, 0.1) is 0 Å². The first-order valence-corrected chi connectivity index (χ1v) is 7.65. The number of hydrogen-bond acceptors (Lipinski definition) is 7. The number of hydrogen-bond donors (Lipinski definition) is 1. The van der Waals surface area contributed by atoms with Crippen molar-refractivity contribution in [3.05, 3.63) is 51.5 Å². The Bertz CT molecular complexity index is 874. The van der Waals surface area contributed by atoms with Crippen LogP contribution in [0.15, 0.2) is 39.7 Å². The molecule has 0 saturated heterocycles. The van der Waals surface area contributed by atoms with Crippen molar-refractivity contribution in [2.24, 2.45) is 0 Å². The maximum atomic E-state index is 11.8. The Morgan fingerprint density at radius 3 is 3.14 bits per heavy atom. The molecule has 0 unspecified atom stereocenters. The molecule has 3 aromatic rings. The molecule has 0 bridgehead atoms. The molecule has 0 fully saturated rings. The van der Waals surface area contributed by atoms with Crippen molar-refractivity contribution in [2.45, 2.75) is 10.8 Å². The molecule has 1 N–H and O–H groups in total. The largest absolute Gasteiger partial charge is 0.478 e. The summed E-state index contributed by atoms with van der Waals surface area (Å²) in [6.07, 6.45) is 1.53. The van der Waals surface area contributed by atoms with Crippen LogP contribution in [0.1, 0.15) is 16.1 Å². The van der Waals surface area contributed by atoms with E-state index in [9.17, 15) is 9.59 Å². The molecule has 0 saturated carbocycles. The van der Waals surface area contributed by atoms with Crippen LogP contribution in [0.4, 0.5) is 0 Å². The zero-order valence-corrected chi connectivity index (χ0v) is 12.1. The van der Waals surface area contributed by atoms with Gasteiger partial charge >= 0.3 is 5.97 Å². The topological polar surface area (TPSA) is 97.4 Å². The molecular weight excluding hydrogens is 312 g/mol. The lowest BCUT2D eigenvalue weighted by Crippen LogP contribution is -2.14. The van der Waals surface area contributed by atoms with Gasteiger partial charge in [0.25, 0.3) is 5.56 Å². The number of fused-ring (bicyclic) bond motifs is 1. The quantitative estimate of drug-likeness (QED) is 0.728. The van der Waals surface area contributed by atoms with Gasteiger partial charge in [-0.1, -0.05) is 23.1 Å². The summed E-state index contributed by atoms with van der Waals surface area (Å²) in [5.41, 5.74) is 1.99. The normalized spacial score (nSPS) is 10.9. The predicted octanol–water partition coefficient (Wildman–Crippen LogP) is 1.54. The Kier molecular flexibility index (Phi) is 3.67. The molecule has 0 radical (unpaired) electrons. The molecule has 106 valence electrons. The van der Waals surface area contributed by atoms with E-state index < -0.39 is 5.97 Å². The summed E-state index contributed by atoms with van der Waals surface area (Å²) >= 11 is 2.50. The van der Waals surface area contributed by atoms with Crippen LogP contribution in [0.2, 0.25) is 0 Å². The molecule has 3 rings (SSSR count). The highest BCUT2D eigenvalue weighted by atomic mass is 32.2. The lowest BCUT2D eigenvalue weighted by atomic mass is 10.3. The van der Waals surface area contributed by atoms with Crippen molar-refractivity contribution in [2.75, 3.05) is 0 Å². The third kappa shape index (κ3) is 2.78. The van der Waals surface area contributed by atoms with Crippen LogP contribution in [0.25, 0.3) is 4.96 Å². The summed E-state index contributed by atoms with van der Waals surface area (Å²) < 4.78 is 1.22. The molecule has 0 aliphatic heterocycles. The van der Waals surface area contributed by atoms with Crippen LogP contribution >= 0.6 is 23.1 Å². The minimum absolute atomic E-state index is 0.137. The fraction of sp³-hybridized carbons (Fsp3) is 0.0833. The Morgan fingerprint density at radius 2 is 2.33 bits per heavy atom. The van der Waals surface area contributed by atoms with Gasteiger partial charge in [0.1, 0.15) is 10.5 Å². The van der Waals surface area contributed by atoms with Gasteiger partial charge in [-0.05, 0) is 12.1 Å². The molecule has 9 heteroatoms. The number of carbonyl (C=O) groups is 1. The minimum atomic E-state index is -1.03. The Morgan fingerprint density at radius 1 is 1.48 bits per heavy atom. The second-order valence-corrected chi connectivity index (χ2v) is 5.74. The molecule has 21 heavy (non-hydrogen) atoms. The fourth-order valence-corrected chi connectivity index (χ4v) is 3.21. The maximum Gasteiger partial charge on any atom is 0.338 e. The number of aromatic carboxylic acids is 1. The molecule has 0 amide bonds. The highest BCUT2D eigenvalue weighted by molar-refractivity contribution is 7.98. The second kappa shape index (κ2) is 5.62. The number of nitrogens with zero attached hydrogens (tertiary/aromatic N) is 4. The first kappa shape index (κ1) is 13.7. The monoisotopic (exact) mass is 320 g/mol. The zero-order valence-electron chi connectivity index (χ0n) is 10.5. The Hall–Kier alpha value is -2.26. The molecular formula is C12H8N4O3S2. The van der Waals surface area contributed by atoms with Gasteiger partial charge in [-0.3, -0.25) is 4.79 Å². The van der Waals surface area contributed by atoms with Gasteiger partial charge in [0.15, 0.2) is 0 Å². The summed E-state index contributed by atoms with van der Waals surface area (Å²) in [5.74, 6) is -0.669. The third-order valence-corrected chi connectivity index (χ3v) is 4.31. The number of pyridine rings is 1.